The molecule has 0 amide bonds. The smallest absolute Gasteiger partial charge is 0.170 e. The first-order valence-electron chi connectivity index (χ1n) is 7.61. The molecule has 0 N–H and O–H groups in total. The van der Waals surface area contributed by atoms with Gasteiger partial charge in [-0.2, -0.15) is 5.26 Å². The third-order valence-electron chi connectivity index (χ3n) is 3.53. The molecule has 1 aliphatic heterocycles. The van der Waals surface area contributed by atoms with Crippen LogP contribution in [0.25, 0.3) is 0 Å². The second kappa shape index (κ2) is 7.76. The lowest BCUT2D eigenvalue weighted by Crippen LogP contribution is -2.16. The quantitative estimate of drug-likeness (QED) is 0.812. The van der Waals surface area contributed by atoms with Crippen molar-refractivity contribution in [3.05, 3.63) is 40.2 Å². The third-order valence-corrected chi connectivity index (χ3v) is 5.08. The molecule has 0 aliphatic carbocycles. The van der Waals surface area contributed by atoms with Gasteiger partial charge in [0.2, 0.25) is 0 Å². The molecule has 1 unspecified atom stereocenters. The Morgan fingerprint density at radius 2 is 2.17 bits per heavy atom. The van der Waals surface area contributed by atoms with Crippen molar-refractivity contribution in [2.75, 3.05) is 6.61 Å². The zero-order valence-corrected chi connectivity index (χ0v) is 15.3. The number of rotatable bonds is 3. The molecule has 0 radical (unpaired) electrons. The largest absolute Gasteiger partial charge is 0.492 e. The number of ether oxygens (including phenoxy) is 1. The van der Waals surface area contributed by atoms with E-state index in [0.29, 0.717) is 22.6 Å². The maximum absolute atomic E-state index is 8.97. The third kappa shape index (κ3) is 3.82. The first kappa shape index (κ1) is 17.7. The van der Waals surface area contributed by atoms with Gasteiger partial charge in [0.15, 0.2) is 10.9 Å². The van der Waals surface area contributed by atoms with Crippen LogP contribution in [0.4, 0.5) is 0 Å². The van der Waals surface area contributed by atoms with Gasteiger partial charge in [0.1, 0.15) is 18.4 Å². The molecule has 122 valence electrons. The second-order valence-corrected chi connectivity index (χ2v) is 6.69. The molecule has 23 heavy (non-hydrogen) atoms. The molecular formula is C17H20ClN3OS. The Balaban J connectivity index is 0.000000924. The van der Waals surface area contributed by atoms with E-state index in [1.165, 1.54) is 0 Å². The Bertz CT molecular complexity index is 736. The summed E-state index contributed by atoms with van der Waals surface area (Å²) in [6.07, 6.45) is 0. The van der Waals surface area contributed by atoms with Gasteiger partial charge in [-0.25, -0.2) is 4.98 Å². The van der Waals surface area contributed by atoms with Gasteiger partial charge in [0.05, 0.1) is 10.9 Å². The minimum Gasteiger partial charge on any atom is -0.492 e. The van der Waals surface area contributed by atoms with Crippen LogP contribution in [0.1, 0.15) is 30.8 Å². The molecule has 1 aromatic carbocycles. The van der Waals surface area contributed by atoms with Gasteiger partial charge >= 0.3 is 0 Å². The fourth-order valence-corrected chi connectivity index (χ4v) is 3.56. The summed E-state index contributed by atoms with van der Waals surface area (Å²) in [4.78, 5) is 4.33. The van der Waals surface area contributed by atoms with E-state index >= 15 is 0 Å². The maximum atomic E-state index is 8.97. The van der Waals surface area contributed by atoms with E-state index in [1.807, 2.05) is 45.9 Å². The molecule has 1 aromatic heterocycles. The number of hydrogen-bond acceptors (Lipinski definition) is 4. The predicted octanol–water partition coefficient (Wildman–Crippen LogP) is 4.60. The molecule has 0 saturated carbocycles. The first-order valence-corrected chi connectivity index (χ1v) is 8.87. The lowest BCUT2D eigenvalue weighted by molar-refractivity contribution is 0.309. The summed E-state index contributed by atoms with van der Waals surface area (Å²) in [6, 6.07) is 7.84. The second-order valence-electron chi connectivity index (χ2n) is 5.01. The van der Waals surface area contributed by atoms with Crippen molar-refractivity contribution >= 4 is 23.4 Å². The summed E-state index contributed by atoms with van der Waals surface area (Å²) in [5.74, 6) is 0.783. The summed E-state index contributed by atoms with van der Waals surface area (Å²) in [7, 11) is 0. The number of benzene rings is 1. The van der Waals surface area contributed by atoms with Crippen molar-refractivity contribution in [3.63, 3.8) is 0 Å². The number of fused-ring (bicyclic) bond motifs is 1. The number of hydrogen-bond donors (Lipinski definition) is 0. The summed E-state index contributed by atoms with van der Waals surface area (Å²) in [6.45, 7) is 9.31. The van der Waals surface area contributed by atoms with Crippen molar-refractivity contribution in [3.8, 4) is 11.8 Å². The summed E-state index contributed by atoms with van der Waals surface area (Å²) >= 11 is 7.74. The van der Waals surface area contributed by atoms with Gasteiger partial charge in [0, 0.05) is 11.6 Å². The van der Waals surface area contributed by atoms with Gasteiger partial charge in [-0.3, -0.25) is 0 Å². The number of aromatic nitrogens is 2. The minimum atomic E-state index is 0.305. The molecule has 6 heteroatoms. The van der Waals surface area contributed by atoms with Crippen molar-refractivity contribution in [2.24, 2.45) is 0 Å². The molecule has 1 aliphatic rings. The van der Waals surface area contributed by atoms with Gasteiger partial charge in [-0.1, -0.05) is 43.3 Å². The van der Waals surface area contributed by atoms with Crippen LogP contribution in [0.5, 0.6) is 5.75 Å². The van der Waals surface area contributed by atoms with Crippen LogP contribution < -0.4 is 4.74 Å². The maximum Gasteiger partial charge on any atom is 0.170 e. The van der Waals surface area contributed by atoms with Crippen molar-refractivity contribution in [1.29, 1.82) is 5.26 Å². The Kier molecular flexibility index (Phi) is 5.97. The number of nitrogens with zero attached hydrogens (tertiary/aromatic N) is 3. The first-order chi connectivity index (χ1) is 11.1. The van der Waals surface area contributed by atoms with Gasteiger partial charge < -0.3 is 9.30 Å². The molecule has 2 heterocycles. The molecule has 0 bridgehead atoms. The molecule has 1 atom stereocenters. The Morgan fingerprint density at radius 1 is 1.43 bits per heavy atom. The average molecular weight is 350 g/mol. The van der Waals surface area contributed by atoms with E-state index in [2.05, 4.69) is 15.6 Å². The normalized spacial score (nSPS) is 15.4. The number of nitriles is 1. The van der Waals surface area contributed by atoms with Crippen molar-refractivity contribution < 1.29 is 4.74 Å². The number of imidazole rings is 1. The Morgan fingerprint density at radius 3 is 2.78 bits per heavy atom. The minimum absolute atomic E-state index is 0.305. The molecule has 4 nitrogen and oxygen atoms in total. The summed E-state index contributed by atoms with van der Waals surface area (Å²) in [5, 5.41) is 10.9. The number of halogens is 1. The standard InChI is InChI=1S/C15H14ClN3OS.C2H6/c1-9-3-4-11(5-13(9)16)20-8-12-7-19-10(2)14(6-17)18-15(19)21-12;1-2/h3-5,12H,7-8H2,1-2H3;1-2H3. The number of thioether (sulfide) groups is 1. The van der Waals surface area contributed by atoms with E-state index in [0.717, 1.165) is 28.7 Å². The van der Waals surface area contributed by atoms with Crippen molar-refractivity contribution in [2.45, 2.75) is 44.6 Å². The Hall–Kier alpha value is -1.64. The molecule has 0 fully saturated rings. The van der Waals surface area contributed by atoms with Gasteiger partial charge in [0.25, 0.3) is 0 Å². The molecule has 2 aromatic rings. The Labute approximate surface area is 146 Å². The van der Waals surface area contributed by atoms with Crippen LogP contribution in [-0.4, -0.2) is 21.4 Å². The fourth-order valence-electron chi connectivity index (χ4n) is 2.25. The fraction of sp³-hybridized carbons (Fsp3) is 0.412. The van der Waals surface area contributed by atoms with Gasteiger partial charge in [-0.15, -0.1) is 0 Å². The zero-order chi connectivity index (χ0) is 17.0. The number of aryl methyl sites for hydroxylation is 1. The van der Waals surface area contributed by atoms with E-state index in [9.17, 15) is 0 Å². The van der Waals surface area contributed by atoms with Crippen LogP contribution in [0, 0.1) is 25.2 Å². The molecular weight excluding hydrogens is 330 g/mol. The van der Waals surface area contributed by atoms with Crippen LogP contribution in [0.15, 0.2) is 23.4 Å². The van der Waals surface area contributed by atoms with Crippen LogP contribution >= 0.6 is 23.4 Å². The lowest BCUT2D eigenvalue weighted by atomic mass is 10.2. The van der Waals surface area contributed by atoms with E-state index in [4.69, 9.17) is 21.6 Å². The highest BCUT2D eigenvalue weighted by Crippen LogP contribution is 2.34. The SMILES string of the molecule is CC.Cc1ccc(OCC2Cn3c(nc(C#N)c3C)S2)cc1Cl. The average Bonchev–Trinajstić information content (AvgIpc) is 3.09. The molecule has 3 rings (SSSR count). The summed E-state index contributed by atoms with van der Waals surface area (Å²) < 4.78 is 7.89. The van der Waals surface area contributed by atoms with Crippen LogP contribution in [0.2, 0.25) is 5.02 Å². The highest BCUT2D eigenvalue weighted by molar-refractivity contribution is 8.00. The monoisotopic (exact) mass is 349 g/mol. The summed E-state index contributed by atoms with van der Waals surface area (Å²) in [5.41, 5.74) is 2.49. The highest BCUT2D eigenvalue weighted by Gasteiger charge is 2.27. The predicted molar refractivity (Wildman–Crippen MR) is 94.4 cm³/mol. The highest BCUT2D eigenvalue weighted by atomic mass is 35.5. The lowest BCUT2D eigenvalue weighted by Gasteiger charge is -2.12. The van der Waals surface area contributed by atoms with E-state index < -0.39 is 0 Å². The van der Waals surface area contributed by atoms with Crippen LogP contribution in [-0.2, 0) is 6.54 Å². The van der Waals surface area contributed by atoms with E-state index in [1.54, 1.807) is 11.8 Å². The van der Waals surface area contributed by atoms with Gasteiger partial charge in [-0.05, 0) is 31.5 Å². The van der Waals surface area contributed by atoms with E-state index in [-0.39, 0.29) is 0 Å². The molecule has 0 saturated heterocycles. The van der Waals surface area contributed by atoms with Crippen molar-refractivity contribution in [1.82, 2.24) is 9.55 Å². The topological polar surface area (TPSA) is 50.8 Å². The van der Waals surface area contributed by atoms with Crippen LogP contribution in [0.3, 0.4) is 0 Å². The molecule has 0 spiro atoms. The zero-order valence-electron chi connectivity index (χ0n) is 13.8.